The largest absolute Gasteiger partial charge is 0.501 e. The summed E-state index contributed by atoms with van der Waals surface area (Å²) < 4.78 is 78.9. The van der Waals surface area contributed by atoms with Crippen LogP contribution in [-0.2, 0) is 25.6 Å². The Labute approximate surface area is 211 Å². The number of alkyl halides is 3. The zero-order valence-corrected chi connectivity index (χ0v) is 21.7. The third-order valence-electron chi connectivity index (χ3n) is 4.90. The number of benzene rings is 2. The highest BCUT2D eigenvalue weighted by Crippen LogP contribution is 2.35. The van der Waals surface area contributed by atoms with E-state index in [1.54, 1.807) is 0 Å². The van der Waals surface area contributed by atoms with E-state index in [4.69, 9.17) is 9.88 Å². The monoisotopic (exact) mass is 553 g/mol. The van der Waals surface area contributed by atoms with Gasteiger partial charge in [-0.05, 0) is 49.1 Å². The Morgan fingerprint density at radius 2 is 1.80 bits per heavy atom. The van der Waals surface area contributed by atoms with E-state index in [9.17, 15) is 25.8 Å². The molecule has 1 heterocycles. The third kappa shape index (κ3) is 9.39. The zero-order chi connectivity index (χ0) is 25.9. The van der Waals surface area contributed by atoms with Crippen LogP contribution in [0.3, 0.4) is 0 Å². The van der Waals surface area contributed by atoms with Gasteiger partial charge in [0.2, 0.25) is 0 Å². The predicted molar refractivity (Wildman–Crippen MR) is 133 cm³/mol. The third-order valence-corrected chi connectivity index (χ3v) is 8.04. The van der Waals surface area contributed by atoms with Gasteiger partial charge in [-0.2, -0.15) is 13.2 Å². The number of hydrogen-bond donors (Lipinski definition) is 2. The van der Waals surface area contributed by atoms with E-state index in [0.717, 1.165) is 24.9 Å². The molecule has 2 aromatic carbocycles. The van der Waals surface area contributed by atoms with Gasteiger partial charge in [-0.25, -0.2) is 17.8 Å². The molecule has 0 aromatic heterocycles. The van der Waals surface area contributed by atoms with Crippen LogP contribution < -0.4 is 10.5 Å². The molecule has 3 rings (SSSR count). The maximum absolute atomic E-state index is 12.9. The van der Waals surface area contributed by atoms with E-state index in [1.807, 2.05) is 17.8 Å². The van der Waals surface area contributed by atoms with Gasteiger partial charge in [-0.3, -0.25) is 4.90 Å². The number of nitrogens with zero attached hydrogens (tertiary/aromatic N) is 1. The van der Waals surface area contributed by atoms with Crippen LogP contribution in [0.2, 0.25) is 0 Å². The summed E-state index contributed by atoms with van der Waals surface area (Å²) in [5, 5.41) is 7.87. The fourth-order valence-corrected chi connectivity index (χ4v) is 5.31. The summed E-state index contributed by atoms with van der Waals surface area (Å²) in [6, 6.07) is 13.5. The second kappa shape index (κ2) is 14.2. The quantitative estimate of drug-likeness (QED) is 0.359. The van der Waals surface area contributed by atoms with E-state index < -0.39 is 31.2 Å². The molecule has 13 heteroatoms. The summed E-state index contributed by atoms with van der Waals surface area (Å²) in [5.74, 6) is 1.16. The molecule has 0 amide bonds. The molecular formula is C22H30F3N3O4S3. The van der Waals surface area contributed by atoms with Crippen molar-refractivity contribution in [3.05, 3.63) is 48.5 Å². The molecule has 0 saturated carbocycles. The lowest BCUT2D eigenvalue weighted by molar-refractivity contribution is -0.0435. The Morgan fingerprint density at radius 3 is 2.37 bits per heavy atom. The van der Waals surface area contributed by atoms with Crippen molar-refractivity contribution in [3.8, 4) is 0 Å². The van der Waals surface area contributed by atoms with E-state index in [0.29, 0.717) is 32.2 Å². The fraction of sp³-hybridized carbons (Fsp3) is 0.455. The number of halogens is 3. The normalized spacial score (nSPS) is 15.7. The lowest BCUT2D eigenvalue weighted by Crippen LogP contribution is -2.37. The first-order valence-corrected chi connectivity index (χ1v) is 14.6. The summed E-state index contributed by atoms with van der Waals surface area (Å²) in [6.07, 6.45) is 0.607. The van der Waals surface area contributed by atoms with Gasteiger partial charge in [-0.15, -0.1) is 11.8 Å². The van der Waals surface area contributed by atoms with Crippen LogP contribution in [0.5, 0.6) is 0 Å². The molecular weight excluding hydrogens is 523 g/mol. The molecule has 2 aromatic rings. The Bertz CT molecular complexity index is 1050. The molecule has 7 nitrogen and oxygen atoms in total. The summed E-state index contributed by atoms with van der Waals surface area (Å²) in [6.45, 7) is 6.00. The number of nitrogens with one attached hydrogen (secondary N) is 1. The van der Waals surface area contributed by atoms with Crippen LogP contribution in [0.15, 0.2) is 63.2 Å². The van der Waals surface area contributed by atoms with Crippen LogP contribution in [0.1, 0.15) is 13.3 Å². The molecule has 1 fully saturated rings. The maximum Gasteiger partial charge on any atom is 0.501 e. The molecule has 1 saturated heterocycles. The Morgan fingerprint density at radius 1 is 1.14 bits per heavy atom. The second-order valence-corrected chi connectivity index (χ2v) is 11.7. The van der Waals surface area contributed by atoms with Gasteiger partial charge in [0.25, 0.3) is 9.84 Å². The molecule has 3 N–H and O–H groups in total. The minimum Gasteiger partial charge on any atom is -0.384 e. The molecule has 1 aliphatic rings. The molecule has 1 atom stereocenters. The predicted octanol–water partition coefficient (Wildman–Crippen LogP) is 3.89. The number of morpholine rings is 1. The van der Waals surface area contributed by atoms with Gasteiger partial charge in [0.05, 0.1) is 23.8 Å². The van der Waals surface area contributed by atoms with Crippen LogP contribution in [-0.4, -0.2) is 68.2 Å². The van der Waals surface area contributed by atoms with Gasteiger partial charge in [0, 0.05) is 24.5 Å². The highest BCUT2D eigenvalue weighted by molar-refractivity contribution is 7.99. The van der Waals surface area contributed by atoms with Crippen LogP contribution in [0, 0.1) is 0 Å². The van der Waals surface area contributed by atoms with Crippen LogP contribution in [0.25, 0.3) is 0 Å². The summed E-state index contributed by atoms with van der Waals surface area (Å²) in [7, 11) is -7.70. The number of rotatable bonds is 9. The lowest BCUT2D eigenvalue weighted by Gasteiger charge is -2.26. The van der Waals surface area contributed by atoms with Gasteiger partial charge in [-0.1, -0.05) is 25.1 Å². The van der Waals surface area contributed by atoms with Crippen molar-refractivity contribution in [2.45, 2.75) is 33.5 Å². The first kappa shape index (κ1) is 29.6. The van der Waals surface area contributed by atoms with Gasteiger partial charge in [0.1, 0.15) is 15.9 Å². The summed E-state index contributed by atoms with van der Waals surface area (Å²) in [4.78, 5) is 2.33. The van der Waals surface area contributed by atoms with E-state index >= 15 is 0 Å². The summed E-state index contributed by atoms with van der Waals surface area (Å²) in [5.41, 5.74) is -5.66. The number of sulfone groups is 1. The SMILES string of the molecule is CCSc1ccccc1.NS(=O)c1ccc(NCCCN2CCOCC2)c(S(=O)(=O)C(F)(F)F)c1. The van der Waals surface area contributed by atoms with Gasteiger partial charge >= 0.3 is 5.51 Å². The van der Waals surface area contributed by atoms with Crippen molar-refractivity contribution in [3.63, 3.8) is 0 Å². The number of nitrogens with two attached hydrogens (primary N) is 1. The van der Waals surface area contributed by atoms with Crippen molar-refractivity contribution < 1.29 is 30.5 Å². The van der Waals surface area contributed by atoms with Crippen molar-refractivity contribution in [2.75, 3.05) is 50.5 Å². The average molecular weight is 554 g/mol. The van der Waals surface area contributed by atoms with Crippen molar-refractivity contribution in [1.29, 1.82) is 0 Å². The van der Waals surface area contributed by atoms with Crippen molar-refractivity contribution >= 4 is 38.3 Å². The highest BCUT2D eigenvalue weighted by atomic mass is 32.2. The maximum atomic E-state index is 12.9. The number of anilines is 1. The molecule has 0 bridgehead atoms. The smallest absolute Gasteiger partial charge is 0.384 e. The van der Waals surface area contributed by atoms with Crippen LogP contribution >= 0.6 is 11.8 Å². The first-order valence-electron chi connectivity index (χ1n) is 10.9. The molecule has 0 spiro atoms. The Hall–Kier alpha value is -1.64. The van der Waals surface area contributed by atoms with E-state index in [1.165, 1.54) is 11.0 Å². The number of thioether (sulfide) groups is 1. The van der Waals surface area contributed by atoms with E-state index in [-0.39, 0.29) is 17.1 Å². The molecule has 0 radical (unpaired) electrons. The zero-order valence-electron chi connectivity index (χ0n) is 19.3. The highest BCUT2D eigenvalue weighted by Gasteiger charge is 2.48. The topological polar surface area (TPSA) is 102 Å². The number of hydrogen-bond acceptors (Lipinski definition) is 7. The lowest BCUT2D eigenvalue weighted by atomic mass is 10.3. The molecule has 0 aliphatic carbocycles. The Balaban J connectivity index is 0.000000402. The average Bonchev–Trinajstić information content (AvgIpc) is 2.83. The van der Waals surface area contributed by atoms with Crippen LogP contribution in [0.4, 0.5) is 18.9 Å². The summed E-state index contributed by atoms with van der Waals surface area (Å²) >= 11 is 1.88. The minimum absolute atomic E-state index is 0.196. The molecule has 196 valence electrons. The second-order valence-electron chi connectivity index (χ2n) is 7.38. The first-order chi connectivity index (χ1) is 16.6. The molecule has 1 unspecified atom stereocenters. The van der Waals surface area contributed by atoms with Gasteiger partial charge in [0.15, 0.2) is 0 Å². The van der Waals surface area contributed by atoms with Gasteiger partial charge < -0.3 is 10.1 Å². The molecule has 35 heavy (non-hydrogen) atoms. The number of ether oxygens (including phenoxy) is 1. The van der Waals surface area contributed by atoms with Crippen molar-refractivity contribution in [1.82, 2.24) is 4.90 Å². The molecule has 1 aliphatic heterocycles. The standard InChI is InChI=1S/C14H20F3N3O4S2.C8H10S/c15-14(16,17)26(22,23)13-10-11(25(18)21)2-3-12(13)19-4-1-5-20-6-8-24-9-7-20;1-2-9-8-6-4-3-5-7-8/h2-3,10,19H,1,4-9,18H2;3-7H,2H2,1H3. The fourth-order valence-electron chi connectivity index (χ4n) is 3.15. The minimum atomic E-state index is -5.60. The van der Waals surface area contributed by atoms with E-state index in [2.05, 4.69) is 41.4 Å². The van der Waals surface area contributed by atoms with Crippen molar-refractivity contribution in [2.24, 2.45) is 5.14 Å². The Kier molecular flexibility index (Phi) is 12.0.